The summed E-state index contributed by atoms with van der Waals surface area (Å²) in [5.41, 5.74) is 7.08. The number of nitrogens with zero attached hydrogens (tertiary/aromatic N) is 3. The van der Waals surface area contributed by atoms with E-state index >= 15 is 0 Å². The van der Waals surface area contributed by atoms with Crippen molar-refractivity contribution in [2.45, 2.75) is 23.8 Å². The molecule has 1 aliphatic rings. The molecule has 2 heterocycles. The summed E-state index contributed by atoms with van der Waals surface area (Å²) in [4.78, 5) is 8.21. The van der Waals surface area contributed by atoms with E-state index in [9.17, 15) is 12.8 Å². The molecule has 4 rings (SSSR count). The van der Waals surface area contributed by atoms with Gasteiger partial charge in [-0.3, -0.25) is 4.98 Å². The number of anilines is 1. The SMILES string of the molecule is CN([C@@H]1CCCNC1)S(=O)(=O)c1ccccc1-c1ccc(-c2cnc(N)cn2)c(F)c1. The molecule has 0 aliphatic carbocycles. The maximum Gasteiger partial charge on any atom is 0.243 e. The summed E-state index contributed by atoms with van der Waals surface area (Å²) in [7, 11) is -2.16. The monoisotopic (exact) mass is 441 g/mol. The zero-order valence-electron chi connectivity index (χ0n) is 17.1. The lowest BCUT2D eigenvalue weighted by Crippen LogP contribution is -2.46. The average molecular weight is 442 g/mol. The molecule has 0 saturated carbocycles. The highest BCUT2D eigenvalue weighted by Crippen LogP contribution is 2.33. The van der Waals surface area contributed by atoms with Gasteiger partial charge in [-0.25, -0.2) is 17.8 Å². The smallest absolute Gasteiger partial charge is 0.243 e. The number of piperidine rings is 1. The lowest BCUT2D eigenvalue weighted by molar-refractivity contribution is 0.300. The predicted octanol–water partition coefficient (Wildman–Crippen LogP) is 2.90. The Hall–Kier alpha value is -2.88. The summed E-state index contributed by atoms with van der Waals surface area (Å²) < 4.78 is 43.2. The van der Waals surface area contributed by atoms with Gasteiger partial charge in [0.2, 0.25) is 10.0 Å². The molecule has 0 spiro atoms. The highest BCUT2D eigenvalue weighted by Gasteiger charge is 2.31. The summed E-state index contributed by atoms with van der Waals surface area (Å²) >= 11 is 0. The first-order valence-electron chi connectivity index (χ1n) is 10.0. The number of halogens is 1. The third-order valence-corrected chi connectivity index (χ3v) is 7.53. The molecule has 3 N–H and O–H groups in total. The van der Waals surface area contributed by atoms with Crippen LogP contribution >= 0.6 is 0 Å². The van der Waals surface area contributed by atoms with Gasteiger partial charge in [0.25, 0.3) is 0 Å². The molecule has 0 amide bonds. The van der Waals surface area contributed by atoms with Gasteiger partial charge < -0.3 is 11.1 Å². The summed E-state index contributed by atoms with van der Waals surface area (Å²) in [6.45, 7) is 1.51. The quantitative estimate of drug-likeness (QED) is 0.631. The second kappa shape index (κ2) is 8.70. The third kappa shape index (κ3) is 4.30. The number of sulfonamides is 1. The Kier molecular flexibility index (Phi) is 5.99. The normalized spacial score (nSPS) is 17.1. The van der Waals surface area contributed by atoms with Gasteiger partial charge in [-0.05, 0) is 43.1 Å². The second-order valence-electron chi connectivity index (χ2n) is 7.54. The van der Waals surface area contributed by atoms with Gasteiger partial charge in [-0.2, -0.15) is 4.31 Å². The lowest BCUT2D eigenvalue weighted by atomic mass is 10.0. The van der Waals surface area contributed by atoms with Crippen LogP contribution < -0.4 is 11.1 Å². The molecule has 1 saturated heterocycles. The molecule has 1 aliphatic heterocycles. The zero-order chi connectivity index (χ0) is 22.0. The Morgan fingerprint density at radius 3 is 2.61 bits per heavy atom. The van der Waals surface area contributed by atoms with Crippen molar-refractivity contribution in [1.29, 1.82) is 0 Å². The van der Waals surface area contributed by atoms with E-state index in [0.29, 0.717) is 23.4 Å². The molecule has 0 unspecified atom stereocenters. The Morgan fingerprint density at radius 2 is 1.94 bits per heavy atom. The van der Waals surface area contributed by atoms with Crippen LogP contribution in [-0.4, -0.2) is 48.9 Å². The molecule has 0 bridgehead atoms. The molecule has 7 nitrogen and oxygen atoms in total. The Bertz CT molecular complexity index is 1180. The van der Waals surface area contributed by atoms with Gasteiger partial charge in [-0.1, -0.05) is 24.3 Å². The van der Waals surface area contributed by atoms with Gasteiger partial charge in [-0.15, -0.1) is 0 Å². The van der Waals surface area contributed by atoms with Crippen LogP contribution in [0.15, 0.2) is 59.8 Å². The van der Waals surface area contributed by atoms with Crippen LogP contribution in [0.5, 0.6) is 0 Å². The number of hydrogen-bond donors (Lipinski definition) is 2. The van der Waals surface area contributed by atoms with Crippen molar-refractivity contribution < 1.29 is 12.8 Å². The van der Waals surface area contributed by atoms with E-state index < -0.39 is 15.8 Å². The van der Waals surface area contributed by atoms with Gasteiger partial charge in [0.1, 0.15) is 11.6 Å². The fourth-order valence-corrected chi connectivity index (χ4v) is 5.39. The van der Waals surface area contributed by atoms with Crippen LogP contribution in [-0.2, 0) is 10.0 Å². The second-order valence-corrected chi connectivity index (χ2v) is 9.50. The number of rotatable bonds is 5. The number of nitrogen functional groups attached to an aromatic ring is 1. The summed E-state index contributed by atoms with van der Waals surface area (Å²) in [6, 6.07) is 11.1. The molecule has 9 heteroatoms. The molecule has 0 radical (unpaired) electrons. The maximum absolute atomic E-state index is 14.9. The van der Waals surface area contributed by atoms with Crippen molar-refractivity contribution in [2.75, 3.05) is 25.9 Å². The Labute approximate surface area is 181 Å². The number of nitrogens with two attached hydrogens (primary N) is 1. The van der Waals surface area contributed by atoms with Crippen LogP contribution in [0.1, 0.15) is 12.8 Å². The van der Waals surface area contributed by atoms with Crippen LogP contribution in [0.25, 0.3) is 22.4 Å². The number of aromatic nitrogens is 2. The molecule has 1 fully saturated rings. The van der Waals surface area contributed by atoms with Crippen molar-refractivity contribution in [2.24, 2.45) is 0 Å². The minimum Gasteiger partial charge on any atom is -0.382 e. The number of likely N-dealkylation sites (N-methyl/N-ethyl adjacent to an activating group) is 1. The van der Waals surface area contributed by atoms with Crippen molar-refractivity contribution in [3.63, 3.8) is 0 Å². The zero-order valence-corrected chi connectivity index (χ0v) is 17.9. The highest BCUT2D eigenvalue weighted by molar-refractivity contribution is 7.89. The van der Waals surface area contributed by atoms with E-state index in [-0.39, 0.29) is 22.3 Å². The molecular weight excluding hydrogens is 417 g/mol. The molecule has 2 aromatic carbocycles. The maximum atomic E-state index is 14.9. The summed E-state index contributed by atoms with van der Waals surface area (Å²) in [5.74, 6) is -0.272. The minimum absolute atomic E-state index is 0.116. The number of nitrogens with one attached hydrogen (secondary N) is 1. The van der Waals surface area contributed by atoms with Crippen LogP contribution in [0, 0.1) is 5.82 Å². The van der Waals surface area contributed by atoms with Crippen LogP contribution in [0.4, 0.5) is 10.2 Å². The first kappa shape index (κ1) is 21.4. The van der Waals surface area contributed by atoms with Crippen molar-refractivity contribution in [3.05, 3.63) is 60.7 Å². The minimum atomic E-state index is -3.76. The average Bonchev–Trinajstić information content (AvgIpc) is 2.80. The van der Waals surface area contributed by atoms with E-state index in [1.807, 2.05) is 0 Å². The van der Waals surface area contributed by atoms with Gasteiger partial charge in [0.15, 0.2) is 0 Å². The largest absolute Gasteiger partial charge is 0.382 e. The fourth-order valence-electron chi connectivity index (χ4n) is 3.79. The summed E-state index contributed by atoms with van der Waals surface area (Å²) in [5, 5.41) is 3.24. The van der Waals surface area contributed by atoms with Crippen LogP contribution in [0.3, 0.4) is 0 Å². The lowest BCUT2D eigenvalue weighted by Gasteiger charge is -2.31. The van der Waals surface area contributed by atoms with E-state index in [0.717, 1.165) is 19.4 Å². The molecule has 1 atom stereocenters. The van der Waals surface area contributed by atoms with Crippen molar-refractivity contribution >= 4 is 15.8 Å². The van der Waals surface area contributed by atoms with E-state index in [1.165, 1.54) is 22.8 Å². The third-order valence-electron chi connectivity index (χ3n) is 5.56. The topological polar surface area (TPSA) is 101 Å². The van der Waals surface area contributed by atoms with Gasteiger partial charge >= 0.3 is 0 Å². The van der Waals surface area contributed by atoms with Gasteiger partial charge in [0, 0.05) is 30.8 Å². The molecular formula is C22H24FN5O2S. The molecule has 31 heavy (non-hydrogen) atoms. The number of hydrogen-bond acceptors (Lipinski definition) is 6. The van der Waals surface area contributed by atoms with E-state index in [2.05, 4.69) is 15.3 Å². The molecule has 162 valence electrons. The fraction of sp³-hybridized carbons (Fsp3) is 0.273. The first-order valence-corrected chi connectivity index (χ1v) is 11.5. The standard InChI is InChI=1S/C22H24FN5O2S/c1-28(16-5-4-10-25-12-16)31(29,30)21-7-3-2-6-17(21)15-8-9-18(19(23)11-15)20-13-27-22(24)14-26-20/h2-3,6-9,11,13-14,16,25H,4-5,10,12H2,1H3,(H2,24,27)/t16-/m1/s1. The Balaban J connectivity index is 1.71. The van der Waals surface area contributed by atoms with E-state index in [4.69, 9.17) is 5.73 Å². The number of benzene rings is 2. The highest BCUT2D eigenvalue weighted by atomic mass is 32.2. The van der Waals surface area contributed by atoms with Crippen LogP contribution in [0.2, 0.25) is 0 Å². The molecule has 1 aromatic heterocycles. The first-order chi connectivity index (χ1) is 14.9. The Morgan fingerprint density at radius 1 is 1.13 bits per heavy atom. The van der Waals surface area contributed by atoms with Crippen molar-refractivity contribution in [1.82, 2.24) is 19.6 Å². The molecule has 3 aromatic rings. The predicted molar refractivity (Wildman–Crippen MR) is 118 cm³/mol. The summed E-state index contributed by atoms with van der Waals surface area (Å²) in [6.07, 6.45) is 4.49. The van der Waals surface area contributed by atoms with Gasteiger partial charge in [0.05, 0.1) is 23.0 Å². The van der Waals surface area contributed by atoms with Crippen molar-refractivity contribution in [3.8, 4) is 22.4 Å². The van der Waals surface area contributed by atoms with E-state index in [1.54, 1.807) is 43.4 Å².